The van der Waals surface area contributed by atoms with E-state index in [1.807, 2.05) is 0 Å². The summed E-state index contributed by atoms with van der Waals surface area (Å²) in [5.74, 6) is -0.0984. The van der Waals surface area contributed by atoms with Crippen molar-refractivity contribution in [3.63, 3.8) is 0 Å². The number of carbonyl (C=O) groups excluding carboxylic acids is 1. The Morgan fingerprint density at radius 1 is 1.33 bits per heavy atom. The van der Waals surface area contributed by atoms with Crippen LogP contribution in [0, 0.1) is 5.41 Å². The number of amides is 1. The molecule has 2 rings (SSSR count). The van der Waals surface area contributed by atoms with Gasteiger partial charge in [0.1, 0.15) is 0 Å². The lowest BCUT2D eigenvalue weighted by molar-refractivity contribution is 0.0908. The van der Waals surface area contributed by atoms with Gasteiger partial charge in [0.2, 0.25) is 10.1 Å². The summed E-state index contributed by atoms with van der Waals surface area (Å²) in [6, 6.07) is 0.285. The molecule has 1 saturated carbocycles. The van der Waals surface area contributed by atoms with Gasteiger partial charge in [-0.2, -0.15) is 0 Å². The van der Waals surface area contributed by atoms with Gasteiger partial charge < -0.3 is 10.6 Å². The minimum atomic E-state index is -0.0984. The summed E-state index contributed by atoms with van der Waals surface area (Å²) >= 11 is 1.28. The third-order valence-corrected chi connectivity index (χ3v) is 4.45. The zero-order valence-corrected chi connectivity index (χ0v) is 11.9. The molecule has 0 aliphatic heterocycles. The van der Waals surface area contributed by atoms with Crippen LogP contribution < -0.4 is 10.6 Å². The maximum Gasteiger partial charge on any atom is 0.282 e. The Bertz CT molecular complexity index is 419. The Morgan fingerprint density at radius 3 is 2.56 bits per heavy atom. The number of hydrogen-bond donors (Lipinski definition) is 2. The van der Waals surface area contributed by atoms with Crippen LogP contribution in [0.5, 0.6) is 0 Å². The molecule has 1 aromatic heterocycles. The fourth-order valence-electron chi connectivity index (χ4n) is 2.21. The fourth-order valence-corrected chi connectivity index (χ4v) is 2.81. The van der Waals surface area contributed by atoms with Gasteiger partial charge >= 0.3 is 0 Å². The second-order valence-electron chi connectivity index (χ2n) is 5.57. The average Bonchev–Trinajstić information content (AvgIpc) is 2.80. The minimum Gasteiger partial charge on any atom is -0.363 e. The number of aromatic nitrogens is 2. The topological polar surface area (TPSA) is 66.9 Å². The lowest BCUT2D eigenvalue weighted by Gasteiger charge is -2.34. The largest absolute Gasteiger partial charge is 0.363 e. The molecule has 0 aromatic carbocycles. The highest BCUT2D eigenvalue weighted by Crippen LogP contribution is 2.35. The number of anilines is 1. The number of nitrogens with zero attached hydrogens (tertiary/aromatic N) is 2. The highest BCUT2D eigenvalue weighted by atomic mass is 32.1. The van der Waals surface area contributed by atoms with E-state index in [4.69, 9.17) is 0 Å². The first-order chi connectivity index (χ1) is 8.50. The van der Waals surface area contributed by atoms with Gasteiger partial charge in [-0.25, -0.2) is 0 Å². The molecule has 5 nitrogen and oxygen atoms in total. The fraction of sp³-hybridized carbons (Fsp3) is 0.750. The molecule has 2 N–H and O–H groups in total. The molecule has 0 saturated heterocycles. The van der Waals surface area contributed by atoms with Crippen LogP contribution in [0.15, 0.2) is 0 Å². The van der Waals surface area contributed by atoms with Gasteiger partial charge in [0.15, 0.2) is 0 Å². The van der Waals surface area contributed by atoms with Gasteiger partial charge in [0, 0.05) is 13.1 Å². The number of rotatable bonds is 3. The normalized spacial score (nSPS) is 19.5. The second kappa shape index (κ2) is 5.22. The molecule has 1 fully saturated rings. The summed E-state index contributed by atoms with van der Waals surface area (Å²) in [5.41, 5.74) is 0.420. The monoisotopic (exact) mass is 268 g/mol. The Balaban J connectivity index is 1.88. The molecular formula is C12H20N4OS. The molecule has 6 heteroatoms. The van der Waals surface area contributed by atoms with Crippen molar-refractivity contribution in [3.05, 3.63) is 5.01 Å². The molecule has 0 radical (unpaired) electrons. The van der Waals surface area contributed by atoms with Crippen molar-refractivity contribution in [1.29, 1.82) is 0 Å². The zero-order chi connectivity index (χ0) is 13.2. The van der Waals surface area contributed by atoms with Gasteiger partial charge in [0.05, 0.1) is 0 Å². The summed E-state index contributed by atoms with van der Waals surface area (Å²) in [6.07, 6.45) is 4.43. The van der Waals surface area contributed by atoms with Gasteiger partial charge in [-0.1, -0.05) is 25.2 Å². The van der Waals surface area contributed by atoms with Gasteiger partial charge in [-0.15, -0.1) is 10.2 Å². The Morgan fingerprint density at radius 2 is 2.00 bits per heavy atom. The molecule has 0 unspecified atom stereocenters. The summed E-state index contributed by atoms with van der Waals surface area (Å²) in [5, 5.41) is 14.8. The van der Waals surface area contributed by atoms with Crippen LogP contribution >= 0.6 is 11.3 Å². The van der Waals surface area contributed by atoms with Crippen molar-refractivity contribution < 1.29 is 4.79 Å². The van der Waals surface area contributed by atoms with Gasteiger partial charge in [0.25, 0.3) is 5.91 Å². The van der Waals surface area contributed by atoms with E-state index < -0.39 is 0 Å². The van der Waals surface area contributed by atoms with Crippen molar-refractivity contribution in [2.75, 3.05) is 12.4 Å². The van der Waals surface area contributed by atoms with Crippen LogP contribution in [0.1, 0.15) is 49.3 Å². The molecule has 0 bridgehead atoms. The standard InChI is InChI=1S/C12H20N4OS/c1-12(2)6-4-8(5-7-12)14-9(17)10-15-16-11(13-3)18-10/h8H,4-7H2,1-3H3,(H,13,16)(H,14,17). The Kier molecular flexibility index (Phi) is 3.85. The van der Waals surface area contributed by atoms with Crippen LogP contribution in [-0.4, -0.2) is 29.2 Å². The quantitative estimate of drug-likeness (QED) is 0.882. The first kappa shape index (κ1) is 13.3. The third-order valence-electron chi connectivity index (χ3n) is 3.51. The molecule has 0 spiro atoms. The number of nitrogens with one attached hydrogen (secondary N) is 2. The number of carbonyl (C=O) groups is 1. The molecule has 1 aliphatic rings. The van der Waals surface area contributed by atoms with E-state index >= 15 is 0 Å². The van der Waals surface area contributed by atoms with Crippen LogP contribution in [0.25, 0.3) is 0 Å². The first-order valence-electron chi connectivity index (χ1n) is 6.32. The zero-order valence-electron chi connectivity index (χ0n) is 11.1. The van der Waals surface area contributed by atoms with Crippen LogP contribution in [0.3, 0.4) is 0 Å². The van der Waals surface area contributed by atoms with Crippen LogP contribution in [0.4, 0.5) is 5.13 Å². The van der Waals surface area contributed by atoms with Crippen molar-refractivity contribution in [3.8, 4) is 0 Å². The van der Waals surface area contributed by atoms with Gasteiger partial charge in [-0.3, -0.25) is 4.79 Å². The first-order valence-corrected chi connectivity index (χ1v) is 7.14. The van der Waals surface area contributed by atoms with E-state index in [0.717, 1.165) is 25.7 Å². The molecule has 1 heterocycles. The number of hydrogen-bond acceptors (Lipinski definition) is 5. The summed E-state index contributed by atoms with van der Waals surface area (Å²) in [7, 11) is 1.77. The van der Waals surface area contributed by atoms with Crippen molar-refractivity contribution in [1.82, 2.24) is 15.5 Å². The van der Waals surface area contributed by atoms with E-state index in [1.54, 1.807) is 7.05 Å². The highest BCUT2D eigenvalue weighted by Gasteiger charge is 2.28. The van der Waals surface area contributed by atoms with Crippen molar-refractivity contribution in [2.45, 2.75) is 45.6 Å². The maximum atomic E-state index is 12.0. The molecule has 1 amide bonds. The lowest BCUT2D eigenvalue weighted by atomic mass is 9.75. The summed E-state index contributed by atoms with van der Waals surface area (Å²) in [6.45, 7) is 4.57. The molecule has 1 aliphatic carbocycles. The highest BCUT2D eigenvalue weighted by molar-refractivity contribution is 7.17. The van der Waals surface area contributed by atoms with Crippen LogP contribution in [0.2, 0.25) is 0 Å². The maximum absolute atomic E-state index is 12.0. The van der Waals surface area contributed by atoms with E-state index in [-0.39, 0.29) is 11.9 Å². The van der Waals surface area contributed by atoms with Gasteiger partial charge in [-0.05, 0) is 31.1 Å². The van der Waals surface area contributed by atoms with E-state index in [1.165, 1.54) is 11.3 Å². The summed E-state index contributed by atoms with van der Waals surface area (Å²) < 4.78 is 0. The molecule has 100 valence electrons. The van der Waals surface area contributed by atoms with E-state index in [2.05, 4.69) is 34.7 Å². The lowest BCUT2D eigenvalue weighted by Crippen LogP contribution is -2.39. The van der Waals surface area contributed by atoms with Crippen molar-refractivity contribution >= 4 is 22.4 Å². The predicted molar refractivity (Wildman–Crippen MR) is 73.0 cm³/mol. The SMILES string of the molecule is CNc1nnc(C(=O)NC2CCC(C)(C)CC2)s1. The van der Waals surface area contributed by atoms with Crippen LogP contribution in [-0.2, 0) is 0 Å². The Hall–Kier alpha value is -1.17. The minimum absolute atomic E-state index is 0.0984. The summed E-state index contributed by atoms with van der Waals surface area (Å²) in [4.78, 5) is 12.0. The van der Waals surface area contributed by atoms with E-state index in [0.29, 0.717) is 15.6 Å². The van der Waals surface area contributed by atoms with Crippen molar-refractivity contribution in [2.24, 2.45) is 5.41 Å². The molecule has 1 aromatic rings. The smallest absolute Gasteiger partial charge is 0.282 e. The third kappa shape index (κ3) is 3.19. The predicted octanol–water partition coefficient (Wildman–Crippen LogP) is 2.28. The van der Waals surface area contributed by atoms with E-state index in [9.17, 15) is 4.79 Å². The molecular weight excluding hydrogens is 248 g/mol. The average molecular weight is 268 g/mol. The molecule has 0 atom stereocenters. The second-order valence-corrected chi connectivity index (χ2v) is 6.55. The Labute approximate surface area is 111 Å². The molecule has 18 heavy (non-hydrogen) atoms.